The Labute approximate surface area is 124 Å². The predicted molar refractivity (Wildman–Crippen MR) is 78.3 cm³/mol. The van der Waals surface area contributed by atoms with Crippen LogP contribution in [-0.4, -0.2) is 21.1 Å². The molecule has 0 radical (unpaired) electrons. The van der Waals surface area contributed by atoms with Crippen LogP contribution in [0.3, 0.4) is 0 Å². The fourth-order valence-corrected chi connectivity index (χ4v) is 2.01. The molecule has 1 N–H and O–H groups in total. The van der Waals surface area contributed by atoms with E-state index in [1.807, 2.05) is 0 Å². The van der Waals surface area contributed by atoms with Gasteiger partial charge in [-0.05, 0) is 29.8 Å². The minimum absolute atomic E-state index is 0.000210. The summed E-state index contributed by atoms with van der Waals surface area (Å²) < 4.78 is 5.20. The van der Waals surface area contributed by atoms with Crippen LogP contribution < -0.4 is 0 Å². The third kappa shape index (κ3) is 2.78. The molecule has 3 aromatic rings. The monoisotopic (exact) mass is 297 g/mol. The van der Waals surface area contributed by atoms with Gasteiger partial charge in [-0.3, -0.25) is 15.2 Å². The lowest BCUT2D eigenvalue weighted by Gasteiger charge is -2.05. The standard InChI is InChI=1S/C15H11N3O4/c19-15(11-3-4-12-8-16-17-14(12)7-11)22-9-10-1-5-13(6-2-10)18(20)21/h1-8H,9H2,(H,16,17). The first-order chi connectivity index (χ1) is 10.6. The minimum Gasteiger partial charge on any atom is -0.457 e. The average molecular weight is 297 g/mol. The molecular weight excluding hydrogens is 286 g/mol. The highest BCUT2D eigenvalue weighted by Gasteiger charge is 2.10. The van der Waals surface area contributed by atoms with E-state index < -0.39 is 10.9 Å². The van der Waals surface area contributed by atoms with Crippen molar-refractivity contribution in [2.75, 3.05) is 0 Å². The van der Waals surface area contributed by atoms with Gasteiger partial charge in [-0.1, -0.05) is 6.07 Å². The van der Waals surface area contributed by atoms with Crippen LogP contribution in [0.25, 0.3) is 10.9 Å². The summed E-state index contributed by atoms with van der Waals surface area (Å²) >= 11 is 0. The number of nitrogens with zero attached hydrogens (tertiary/aromatic N) is 2. The second kappa shape index (κ2) is 5.65. The van der Waals surface area contributed by atoms with Crippen LogP contribution >= 0.6 is 0 Å². The zero-order valence-electron chi connectivity index (χ0n) is 11.4. The third-order valence-corrected chi connectivity index (χ3v) is 3.19. The Kier molecular flexibility index (Phi) is 3.53. The molecule has 0 aliphatic rings. The van der Waals surface area contributed by atoms with Gasteiger partial charge in [0, 0.05) is 17.5 Å². The quantitative estimate of drug-likeness (QED) is 0.453. The van der Waals surface area contributed by atoms with Gasteiger partial charge in [-0.2, -0.15) is 5.10 Å². The Bertz CT molecular complexity index is 839. The number of hydrogen-bond acceptors (Lipinski definition) is 5. The highest BCUT2D eigenvalue weighted by Crippen LogP contribution is 2.15. The lowest BCUT2D eigenvalue weighted by Crippen LogP contribution is -2.05. The average Bonchev–Trinajstić information content (AvgIpc) is 3.00. The van der Waals surface area contributed by atoms with Gasteiger partial charge in [-0.25, -0.2) is 4.79 Å². The molecule has 1 heterocycles. The van der Waals surface area contributed by atoms with Gasteiger partial charge in [0.05, 0.1) is 22.2 Å². The number of nitro benzene ring substituents is 1. The van der Waals surface area contributed by atoms with Crippen molar-refractivity contribution in [3.63, 3.8) is 0 Å². The van der Waals surface area contributed by atoms with E-state index in [1.54, 1.807) is 36.5 Å². The van der Waals surface area contributed by atoms with Crippen molar-refractivity contribution in [1.82, 2.24) is 10.2 Å². The molecule has 0 atom stereocenters. The van der Waals surface area contributed by atoms with Crippen molar-refractivity contribution >= 4 is 22.6 Å². The summed E-state index contributed by atoms with van der Waals surface area (Å²) in [4.78, 5) is 22.1. The maximum Gasteiger partial charge on any atom is 0.338 e. The van der Waals surface area contributed by atoms with Gasteiger partial charge < -0.3 is 4.74 Å². The molecule has 0 bridgehead atoms. The molecule has 7 heteroatoms. The van der Waals surface area contributed by atoms with Gasteiger partial charge in [0.1, 0.15) is 6.61 Å². The second-order valence-electron chi connectivity index (χ2n) is 4.67. The molecule has 0 aliphatic carbocycles. The molecular formula is C15H11N3O4. The molecule has 2 aromatic carbocycles. The van der Waals surface area contributed by atoms with Crippen LogP contribution in [0, 0.1) is 10.1 Å². The summed E-state index contributed by atoms with van der Waals surface area (Å²) in [7, 11) is 0. The fraction of sp³-hybridized carbons (Fsp3) is 0.0667. The molecule has 0 amide bonds. The van der Waals surface area contributed by atoms with E-state index in [0.717, 1.165) is 10.9 Å². The number of H-pyrrole nitrogens is 1. The zero-order valence-corrected chi connectivity index (χ0v) is 11.4. The van der Waals surface area contributed by atoms with Crippen molar-refractivity contribution in [1.29, 1.82) is 0 Å². The number of aromatic nitrogens is 2. The Morgan fingerprint density at radius 3 is 2.73 bits per heavy atom. The molecule has 110 valence electrons. The summed E-state index contributed by atoms with van der Waals surface area (Å²) in [5.74, 6) is -0.463. The number of carbonyl (C=O) groups is 1. The predicted octanol–water partition coefficient (Wildman–Crippen LogP) is 2.83. The van der Waals surface area contributed by atoms with Crippen LogP contribution in [0.5, 0.6) is 0 Å². The molecule has 0 spiro atoms. The first-order valence-corrected chi connectivity index (χ1v) is 6.47. The summed E-state index contributed by atoms with van der Waals surface area (Å²) in [5.41, 5.74) is 1.85. The summed E-state index contributed by atoms with van der Waals surface area (Å²) in [6.07, 6.45) is 1.67. The summed E-state index contributed by atoms with van der Waals surface area (Å²) in [6, 6.07) is 11.0. The van der Waals surface area contributed by atoms with Crippen LogP contribution in [0.4, 0.5) is 5.69 Å². The number of esters is 1. The summed E-state index contributed by atoms with van der Waals surface area (Å²) in [6.45, 7) is 0.0534. The van der Waals surface area contributed by atoms with Gasteiger partial charge in [0.15, 0.2) is 0 Å². The Morgan fingerprint density at radius 2 is 2.00 bits per heavy atom. The zero-order chi connectivity index (χ0) is 15.5. The number of fused-ring (bicyclic) bond motifs is 1. The molecule has 0 aliphatic heterocycles. The molecule has 22 heavy (non-hydrogen) atoms. The third-order valence-electron chi connectivity index (χ3n) is 3.19. The number of non-ortho nitro benzene ring substituents is 1. The van der Waals surface area contributed by atoms with E-state index >= 15 is 0 Å². The van der Waals surface area contributed by atoms with Gasteiger partial charge in [0.25, 0.3) is 5.69 Å². The van der Waals surface area contributed by atoms with Crippen molar-refractivity contribution in [3.05, 3.63) is 69.9 Å². The van der Waals surface area contributed by atoms with Crippen LogP contribution in [0.15, 0.2) is 48.7 Å². The van der Waals surface area contributed by atoms with Crippen molar-refractivity contribution < 1.29 is 14.5 Å². The van der Waals surface area contributed by atoms with E-state index in [9.17, 15) is 14.9 Å². The maximum atomic E-state index is 12.0. The smallest absolute Gasteiger partial charge is 0.338 e. The van der Waals surface area contributed by atoms with Crippen LogP contribution in [-0.2, 0) is 11.3 Å². The Morgan fingerprint density at radius 1 is 1.23 bits per heavy atom. The van der Waals surface area contributed by atoms with Gasteiger partial charge in [0.2, 0.25) is 0 Å². The summed E-state index contributed by atoms with van der Waals surface area (Å²) in [5, 5.41) is 18.1. The normalized spacial score (nSPS) is 10.5. The van der Waals surface area contributed by atoms with Gasteiger partial charge >= 0.3 is 5.97 Å². The number of nitro groups is 1. The second-order valence-corrected chi connectivity index (χ2v) is 4.67. The van der Waals surface area contributed by atoms with E-state index in [1.165, 1.54) is 12.1 Å². The van der Waals surface area contributed by atoms with E-state index in [2.05, 4.69) is 10.2 Å². The first kappa shape index (κ1) is 13.7. The Hall–Kier alpha value is -3.22. The largest absolute Gasteiger partial charge is 0.457 e. The van der Waals surface area contributed by atoms with Crippen LogP contribution in [0.1, 0.15) is 15.9 Å². The lowest BCUT2D eigenvalue weighted by atomic mass is 10.1. The van der Waals surface area contributed by atoms with Crippen molar-refractivity contribution in [3.8, 4) is 0 Å². The van der Waals surface area contributed by atoms with Crippen molar-refractivity contribution in [2.24, 2.45) is 0 Å². The molecule has 7 nitrogen and oxygen atoms in total. The maximum absolute atomic E-state index is 12.0. The highest BCUT2D eigenvalue weighted by atomic mass is 16.6. The van der Waals surface area contributed by atoms with Crippen LogP contribution in [0.2, 0.25) is 0 Å². The molecule has 1 aromatic heterocycles. The molecule has 0 unspecified atom stereocenters. The van der Waals surface area contributed by atoms with Crippen molar-refractivity contribution in [2.45, 2.75) is 6.61 Å². The van der Waals surface area contributed by atoms with E-state index in [0.29, 0.717) is 11.1 Å². The molecule has 3 rings (SSSR count). The molecule has 0 saturated carbocycles. The number of aromatic amines is 1. The number of benzene rings is 2. The minimum atomic E-state index is -0.477. The topological polar surface area (TPSA) is 98.1 Å². The SMILES string of the molecule is O=C(OCc1ccc([N+](=O)[O-])cc1)c1ccc2cn[nH]c2c1. The first-order valence-electron chi connectivity index (χ1n) is 6.47. The molecule has 0 saturated heterocycles. The number of hydrogen-bond donors (Lipinski definition) is 1. The van der Waals surface area contributed by atoms with E-state index in [-0.39, 0.29) is 12.3 Å². The number of rotatable bonds is 4. The fourth-order valence-electron chi connectivity index (χ4n) is 2.01. The van der Waals surface area contributed by atoms with Gasteiger partial charge in [-0.15, -0.1) is 0 Å². The number of carbonyl (C=O) groups excluding carboxylic acids is 1. The van der Waals surface area contributed by atoms with E-state index in [4.69, 9.17) is 4.74 Å². The molecule has 0 fully saturated rings. The lowest BCUT2D eigenvalue weighted by molar-refractivity contribution is -0.384. The number of ether oxygens (including phenoxy) is 1. The number of nitrogens with one attached hydrogen (secondary N) is 1. The highest BCUT2D eigenvalue weighted by molar-refractivity contribution is 5.94. The Balaban J connectivity index is 1.67.